The van der Waals surface area contributed by atoms with Gasteiger partial charge in [0.25, 0.3) is 0 Å². The summed E-state index contributed by atoms with van der Waals surface area (Å²) in [4.78, 5) is 78.8. The minimum Gasteiger partial charge on any atom is -0.507 e. The Morgan fingerprint density at radius 2 is 1.78 bits per heavy atom. The molecule has 0 aliphatic heterocycles. The van der Waals surface area contributed by atoms with Gasteiger partial charge in [0.2, 0.25) is 5.91 Å². The number of primary amides is 1. The predicted molar refractivity (Wildman–Crippen MR) is 130 cm³/mol. The number of nitrogens with two attached hydrogens (primary N) is 1. The number of aliphatic hydroxyl groups is 1. The van der Waals surface area contributed by atoms with Crippen LogP contribution in [0.4, 0.5) is 0 Å². The number of carbonyl (C=O) groups excluding carboxylic acids is 6. The average molecular weight is 512 g/mol. The molecule has 4 rings (SSSR count). The summed E-state index contributed by atoms with van der Waals surface area (Å²) in [6.07, 6.45) is 2.66. The molecule has 3 aliphatic rings. The first-order chi connectivity index (χ1) is 17.5. The summed E-state index contributed by atoms with van der Waals surface area (Å²) in [6, 6.07) is 4.69. The molecular weight excluding hydrogens is 478 g/mol. The number of Topliss-reactive ketones (excluding diaryl/α,β-unsaturated/α-hetero) is 5. The number of carbonyl (C=O) groups is 6. The number of rotatable bonds is 8. The van der Waals surface area contributed by atoms with E-state index in [1.165, 1.54) is 6.07 Å². The Kier molecular flexibility index (Phi) is 7.21. The van der Waals surface area contributed by atoms with E-state index in [2.05, 4.69) is 0 Å². The second-order valence-electron chi connectivity index (χ2n) is 10.6. The molecule has 3 aliphatic carbocycles. The predicted octanol–water partition coefficient (Wildman–Crippen LogP) is 2.04. The Bertz CT molecular complexity index is 1190. The zero-order valence-electron chi connectivity index (χ0n) is 21.1. The number of hydrogen-bond donors (Lipinski definition) is 3. The molecule has 2 unspecified atom stereocenters. The van der Waals surface area contributed by atoms with E-state index >= 15 is 0 Å². The first-order valence-electron chi connectivity index (χ1n) is 13.0. The number of aromatic hydroxyl groups is 1. The van der Waals surface area contributed by atoms with E-state index in [0.29, 0.717) is 12.0 Å². The molecule has 9 heteroatoms. The molecule has 0 spiro atoms. The molecule has 0 bridgehead atoms. The third kappa shape index (κ3) is 4.04. The molecule has 9 nitrogen and oxygen atoms in total. The first kappa shape index (κ1) is 26.9. The van der Waals surface area contributed by atoms with Gasteiger partial charge in [0.15, 0.2) is 34.7 Å². The van der Waals surface area contributed by atoms with Gasteiger partial charge in [-0.1, -0.05) is 45.2 Å². The quantitative estimate of drug-likeness (QED) is 0.352. The molecule has 198 valence electrons. The molecule has 0 radical (unpaired) electrons. The molecule has 0 saturated heterocycles. The number of ketones is 5. The maximum absolute atomic E-state index is 14.0. The molecule has 1 aromatic rings. The standard InChI is InChI=1S/C28H33NO8/c1-3-5-6-8-14-15-9-7-10-18(31)21(15)24(33)23-20(14)16(11-13(30)4-2)17-12-19(32)22(27(29)36)25(34)28(17,37)26(23)35/h7,9-10,14,16-17,20,22-23,31,37H,3-6,8,11-12H2,1-2H3,(H2,29,36)/t14-,16+,17+,20-,22?,23?,28+/m0/s1. The average Bonchev–Trinajstić information content (AvgIpc) is 2.84. The van der Waals surface area contributed by atoms with Crippen LogP contribution in [0.1, 0.15) is 80.6 Å². The Hall–Kier alpha value is -3.20. The summed E-state index contributed by atoms with van der Waals surface area (Å²) < 4.78 is 0. The maximum Gasteiger partial charge on any atom is 0.235 e. The monoisotopic (exact) mass is 511 g/mol. The minimum absolute atomic E-state index is 0.0213. The van der Waals surface area contributed by atoms with Crippen molar-refractivity contribution in [2.24, 2.45) is 35.3 Å². The van der Waals surface area contributed by atoms with Gasteiger partial charge in [-0.05, 0) is 35.8 Å². The summed E-state index contributed by atoms with van der Waals surface area (Å²) >= 11 is 0. The molecule has 2 saturated carbocycles. The highest BCUT2D eigenvalue weighted by molar-refractivity contribution is 6.31. The van der Waals surface area contributed by atoms with Crippen LogP contribution < -0.4 is 5.73 Å². The number of hydrogen-bond acceptors (Lipinski definition) is 8. The van der Waals surface area contributed by atoms with Crippen LogP contribution >= 0.6 is 0 Å². The Labute approximate surface area is 214 Å². The van der Waals surface area contributed by atoms with Crippen LogP contribution in [0.3, 0.4) is 0 Å². The van der Waals surface area contributed by atoms with Crippen LogP contribution in [0.5, 0.6) is 5.75 Å². The Balaban J connectivity index is 1.95. The molecule has 4 N–H and O–H groups in total. The second kappa shape index (κ2) is 9.93. The number of phenols is 1. The van der Waals surface area contributed by atoms with Gasteiger partial charge in [-0.25, -0.2) is 0 Å². The maximum atomic E-state index is 14.0. The molecule has 2 fully saturated rings. The first-order valence-corrected chi connectivity index (χ1v) is 13.0. The number of amides is 1. The van der Waals surface area contributed by atoms with Gasteiger partial charge in [-0.2, -0.15) is 0 Å². The van der Waals surface area contributed by atoms with Crippen molar-refractivity contribution in [3.8, 4) is 5.75 Å². The molecule has 0 aromatic heterocycles. The highest BCUT2D eigenvalue weighted by Crippen LogP contribution is 2.58. The summed E-state index contributed by atoms with van der Waals surface area (Å²) in [5.74, 6) is -12.5. The lowest BCUT2D eigenvalue weighted by Crippen LogP contribution is -2.71. The van der Waals surface area contributed by atoms with E-state index < -0.39 is 76.6 Å². The SMILES string of the molecule is CCCCC[C@H]1c2cccc(O)c2C(=O)C2C(=O)[C@]3(O)C(=O)C(C(N)=O)C(=O)C[C@@H]3[C@@H](CC(=O)CC)[C@@H]21. The lowest BCUT2D eigenvalue weighted by molar-refractivity contribution is -0.183. The molecule has 37 heavy (non-hydrogen) atoms. The van der Waals surface area contributed by atoms with E-state index in [1.54, 1.807) is 19.1 Å². The molecule has 0 heterocycles. The van der Waals surface area contributed by atoms with Gasteiger partial charge < -0.3 is 15.9 Å². The van der Waals surface area contributed by atoms with Gasteiger partial charge >= 0.3 is 0 Å². The van der Waals surface area contributed by atoms with Crippen molar-refractivity contribution in [3.05, 3.63) is 29.3 Å². The van der Waals surface area contributed by atoms with Gasteiger partial charge in [-0.3, -0.25) is 28.8 Å². The van der Waals surface area contributed by atoms with Crippen LogP contribution in [0.2, 0.25) is 0 Å². The van der Waals surface area contributed by atoms with Crippen LogP contribution in [0.25, 0.3) is 0 Å². The van der Waals surface area contributed by atoms with Gasteiger partial charge in [0.05, 0.1) is 11.5 Å². The van der Waals surface area contributed by atoms with E-state index in [0.717, 1.165) is 19.3 Å². The number of phenolic OH excluding ortho intramolecular Hbond substituents is 1. The van der Waals surface area contributed by atoms with Crippen molar-refractivity contribution >= 4 is 34.8 Å². The zero-order chi connectivity index (χ0) is 27.2. The highest BCUT2D eigenvalue weighted by atomic mass is 16.3. The van der Waals surface area contributed by atoms with Crippen molar-refractivity contribution in [1.29, 1.82) is 0 Å². The van der Waals surface area contributed by atoms with Crippen LogP contribution in [-0.4, -0.2) is 50.6 Å². The second-order valence-corrected chi connectivity index (χ2v) is 10.6. The normalized spacial score (nSPS) is 32.9. The van der Waals surface area contributed by atoms with Gasteiger partial charge in [0.1, 0.15) is 11.5 Å². The van der Waals surface area contributed by atoms with Gasteiger partial charge in [0, 0.05) is 25.2 Å². The summed E-state index contributed by atoms with van der Waals surface area (Å²) in [6.45, 7) is 3.70. The van der Waals surface area contributed by atoms with Gasteiger partial charge in [-0.15, -0.1) is 0 Å². The number of unbranched alkanes of at least 4 members (excludes halogenated alkanes) is 2. The lowest BCUT2D eigenvalue weighted by atomic mass is 9.46. The third-order valence-corrected chi connectivity index (χ3v) is 8.70. The van der Waals surface area contributed by atoms with Crippen molar-refractivity contribution < 1.29 is 39.0 Å². The van der Waals surface area contributed by atoms with E-state index in [9.17, 15) is 39.0 Å². The summed E-state index contributed by atoms with van der Waals surface area (Å²) in [5.41, 5.74) is 3.03. The van der Waals surface area contributed by atoms with E-state index in [4.69, 9.17) is 5.73 Å². The summed E-state index contributed by atoms with van der Waals surface area (Å²) in [5, 5.41) is 22.3. The lowest BCUT2D eigenvalue weighted by Gasteiger charge is -2.55. The fourth-order valence-electron chi connectivity index (χ4n) is 6.98. The minimum atomic E-state index is -2.81. The third-order valence-electron chi connectivity index (χ3n) is 8.70. The Morgan fingerprint density at radius 1 is 1.08 bits per heavy atom. The van der Waals surface area contributed by atoms with Crippen LogP contribution in [0.15, 0.2) is 18.2 Å². The molecule has 7 atom stereocenters. The molecule has 1 aromatic carbocycles. The molecule has 1 amide bonds. The van der Waals surface area contributed by atoms with Crippen molar-refractivity contribution in [1.82, 2.24) is 0 Å². The molecular formula is C28H33NO8. The van der Waals surface area contributed by atoms with Crippen LogP contribution in [0, 0.1) is 29.6 Å². The Morgan fingerprint density at radius 3 is 2.41 bits per heavy atom. The summed E-state index contributed by atoms with van der Waals surface area (Å²) in [7, 11) is 0. The van der Waals surface area contributed by atoms with Crippen LogP contribution in [-0.2, 0) is 24.0 Å². The fraction of sp³-hybridized carbons (Fsp3) is 0.571. The smallest absolute Gasteiger partial charge is 0.235 e. The highest BCUT2D eigenvalue weighted by Gasteiger charge is 2.70. The fourth-order valence-corrected chi connectivity index (χ4v) is 6.98. The van der Waals surface area contributed by atoms with Crippen molar-refractivity contribution in [2.45, 2.75) is 70.3 Å². The van der Waals surface area contributed by atoms with Crippen molar-refractivity contribution in [3.63, 3.8) is 0 Å². The van der Waals surface area contributed by atoms with E-state index in [1.807, 2.05) is 6.92 Å². The number of benzene rings is 1. The largest absolute Gasteiger partial charge is 0.507 e. The van der Waals surface area contributed by atoms with E-state index in [-0.39, 0.29) is 29.9 Å². The topological polar surface area (TPSA) is 169 Å². The zero-order valence-corrected chi connectivity index (χ0v) is 21.1. The van der Waals surface area contributed by atoms with Crippen molar-refractivity contribution in [2.75, 3.05) is 0 Å². The number of fused-ring (bicyclic) bond motifs is 3.